The fourth-order valence-electron chi connectivity index (χ4n) is 2.50. The van der Waals surface area contributed by atoms with Gasteiger partial charge >= 0.3 is 5.97 Å². The zero-order chi connectivity index (χ0) is 12.3. The third kappa shape index (κ3) is 2.75. The van der Waals surface area contributed by atoms with Crippen molar-refractivity contribution in [2.75, 3.05) is 0 Å². The molecule has 1 saturated carbocycles. The first-order valence-corrected chi connectivity index (χ1v) is 6.10. The molecule has 92 valence electrons. The Balaban J connectivity index is 2.28. The molecule has 4 nitrogen and oxygen atoms in total. The van der Waals surface area contributed by atoms with Gasteiger partial charge in [-0.1, -0.05) is 25.3 Å². The maximum Gasteiger partial charge on any atom is 0.308 e. The number of rotatable bonds is 3. The van der Waals surface area contributed by atoms with Crippen molar-refractivity contribution in [2.45, 2.75) is 44.6 Å². The van der Waals surface area contributed by atoms with Crippen molar-refractivity contribution in [3.05, 3.63) is 34.2 Å². The number of pyridine rings is 1. The van der Waals surface area contributed by atoms with Crippen molar-refractivity contribution in [1.82, 2.24) is 4.57 Å². The van der Waals surface area contributed by atoms with Crippen molar-refractivity contribution in [1.29, 1.82) is 0 Å². The maximum absolute atomic E-state index is 12.1. The average molecular weight is 235 g/mol. The van der Waals surface area contributed by atoms with E-state index in [2.05, 4.69) is 0 Å². The normalized spacial score (nSPS) is 16.9. The number of hydrogen-bond acceptors (Lipinski definition) is 2. The Labute approximate surface area is 99.9 Å². The van der Waals surface area contributed by atoms with Gasteiger partial charge in [-0.05, 0) is 18.9 Å². The van der Waals surface area contributed by atoms with Crippen LogP contribution in [0.25, 0.3) is 0 Å². The smallest absolute Gasteiger partial charge is 0.308 e. The molecule has 0 amide bonds. The molecule has 4 heteroatoms. The minimum atomic E-state index is -0.955. The molecule has 17 heavy (non-hydrogen) atoms. The zero-order valence-corrected chi connectivity index (χ0v) is 9.76. The summed E-state index contributed by atoms with van der Waals surface area (Å²) in [6.45, 7) is 0. The van der Waals surface area contributed by atoms with E-state index in [1.54, 1.807) is 22.9 Å². The van der Waals surface area contributed by atoms with Crippen molar-refractivity contribution in [3.8, 4) is 0 Å². The van der Waals surface area contributed by atoms with Crippen LogP contribution in [0, 0.1) is 0 Å². The fraction of sp³-hybridized carbons (Fsp3) is 0.538. The van der Waals surface area contributed by atoms with Crippen LogP contribution in [-0.2, 0) is 11.2 Å². The van der Waals surface area contributed by atoms with Gasteiger partial charge in [-0.2, -0.15) is 0 Å². The van der Waals surface area contributed by atoms with Crippen LogP contribution in [0.1, 0.15) is 43.7 Å². The van der Waals surface area contributed by atoms with E-state index in [1.807, 2.05) is 0 Å². The predicted molar refractivity (Wildman–Crippen MR) is 64.2 cm³/mol. The molecule has 0 unspecified atom stereocenters. The van der Waals surface area contributed by atoms with Gasteiger partial charge in [0.1, 0.15) is 0 Å². The summed E-state index contributed by atoms with van der Waals surface area (Å²) < 4.78 is 1.72. The summed E-state index contributed by atoms with van der Waals surface area (Å²) in [5.74, 6) is -0.955. The molecule has 1 aliphatic carbocycles. The SMILES string of the molecule is O=C(O)Cc1cccn(C2CCCCC2)c1=O. The molecule has 0 spiro atoms. The quantitative estimate of drug-likeness (QED) is 0.871. The lowest BCUT2D eigenvalue weighted by molar-refractivity contribution is -0.136. The third-order valence-electron chi connectivity index (χ3n) is 3.36. The summed E-state index contributed by atoms with van der Waals surface area (Å²) in [7, 11) is 0. The van der Waals surface area contributed by atoms with Gasteiger partial charge in [-0.25, -0.2) is 0 Å². The highest BCUT2D eigenvalue weighted by molar-refractivity contribution is 5.69. The molecule has 1 heterocycles. The van der Waals surface area contributed by atoms with E-state index in [0.717, 1.165) is 25.7 Å². The van der Waals surface area contributed by atoms with Gasteiger partial charge in [0.05, 0.1) is 6.42 Å². The Bertz CT molecular complexity index is 458. The molecular weight excluding hydrogens is 218 g/mol. The first-order valence-electron chi connectivity index (χ1n) is 6.10. The lowest BCUT2D eigenvalue weighted by atomic mass is 9.95. The monoisotopic (exact) mass is 235 g/mol. The summed E-state index contributed by atoms with van der Waals surface area (Å²) in [5, 5.41) is 8.74. The Morgan fingerprint density at radius 3 is 2.71 bits per heavy atom. The predicted octanol–water partition coefficient (Wildman–Crippen LogP) is 1.98. The molecule has 1 fully saturated rings. The van der Waals surface area contributed by atoms with Crippen molar-refractivity contribution < 1.29 is 9.90 Å². The largest absolute Gasteiger partial charge is 0.481 e. The van der Waals surface area contributed by atoms with Crippen LogP contribution in [0.5, 0.6) is 0 Å². The first kappa shape index (κ1) is 11.9. The molecule has 0 radical (unpaired) electrons. The number of hydrogen-bond donors (Lipinski definition) is 1. The number of aromatic nitrogens is 1. The lowest BCUT2D eigenvalue weighted by Gasteiger charge is -2.24. The number of nitrogens with zero attached hydrogens (tertiary/aromatic N) is 1. The summed E-state index contributed by atoms with van der Waals surface area (Å²) >= 11 is 0. The number of carboxylic acid groups (broad SMARTS) is 1. The van der Waals surface area contributed by atoms with Gasteiger partial charge in [-0.3, -0.25) is 9.59 Å². The van der Waals surface area contributed by atoms with E-state index in [9.17, 15) is 9.59 Å². The van der Waals surface area contributed by atoms with E-state index >= 15 is 0 Å². The highest BCUT2D eigenvalue weighted by Gasteiger charge is 2.17. The van der Waals surface area contributed by atoms with Crippen LogP contribution in [-0.4, -0.2) is 15.6 Å². The van der Waals surface area contributed by atoms with Gasteiger partial charge in [-0.15, -0.1) is 0 Å². The Morgan fingerprint density at radius 2 is 2.06 bits per heavy atom. The van der Waals surface area contributed by atoms with E-state index in [1.165, 1.54) is 6.42 Å². The van der Waals surface area contributed by atoms with Crippen molar-refractivity contribution in [2.24, 2.45) is 0 Å². The molecule has 0 saturated heterocycles. The standard InChI is InChI=1S/C13H17NO3/c15-12(16)9-10-5-4-8-14(13(10)17)11-6-2-1-3-7-11/h4-5,8,11H,1-3,6-7,9H2,(H,15,16). The van der Waals surface area contributed by atoms with Crippen molar-refractivity contribution >= 4 is 5.97 Å². The number of aliphatic carboxylic acids is 1. The second-order valence-corrected chi connectivity index (χ2v) is 4.61. The van der Waals surface area contributed by atoms with Crippen LogP contribution >= 0.6 is 0 Å². The van der Waals surface area contributed by atoms with Crippen LogP contribution in [0.3, 0.4) is 0 Å². The van der Waals surface area contributed by atoms with Crippen LogP contribution in [0.4, 0.5) is 0 Å². The summed E-state index contributed by atoms with van der Waals surface area (Å²) in [6.07, 6.45) is 7.18. The minimum absolute atomic E-state index is 0.137. The van der Waals surface area contributed by atoms with Gasteiger partial charge in [0.15, 0.2) is 0 Å². The molecule has 0 aromatic carbocycles. The van der Waals surface area contributed by atoms with Gasteiger partial charge < -0.3 is 9.67 Å². The second kappa shape index (κ2) is 5.17. The Kier molecular flexibility index (Phi) is 3.61. The third-order valence-corrected chi connectivity index (χ3v) is 3.36. The molecule has 1 aromatic rings. The molecule has 0 atom stereocenters. The molecule has 1 N–H and O–H groups in total. The minimum Gasteiger partial charge on any atom is -0.481 e. The Hall–Kier alpha value is -1.58. The number of carbonyl (C=O) groups is 1. The topological polar surface area (TPSA) is 59.3 Å². The summed E-state index contributed by atoms with van der Waals surface area (Å²) in [4.78, 5) is 22.8. The molecule has 1 aromatic heterocycles. The molecule has 0 bridgehead atoms. The highest BCUT2D eigenvalue weighted by Crippen LogP contribution is 2.26. The number of carboxylic acids is 1. The molecule has 0 aliphatic heterocycles. The summed E-state index contributed by atoms with van der Waals surface area (Å²) in [6, 6.07) is 3.63. The maximum atomic E-state index is 12.1. The van der Waals surface area contributed by atoms with Crippen LogP contribution in [0.15, 0.2) is 23.1 Å². The summed E-state index contributed by atoms with van der Waals surface area (Å²) in [5.41, 5.74) is 0.243. The molecule has 1 aliphatic rings. The highest BCUT2D eigenvalue weighted by atomic mass is 16.4. The zero-order valence-electron chi connectivity index (χ0n) is 9.76. The van der Waals surface area contributed by atoms with Crippen LogP contribution in [0.2, 0.25) is 0 Å². The Morgan fingerprint density at radius 1 is 1.35 bits per heavy atom. The van der Waals surface area contributed by atoms with Gasteiger partial charge in [0, 0.05) is 17.8 Å². The van der Waals surface area contributed by atoms with Crippen LogP contribution < -0.4 is 5.56 Å². The lowest BCUT2D eigenvalue weighted by Crippen LogP contribution is -2.29. The fourth-order valence-corrected chi connectivity index (χ4v) is 2.50. The van der Waals surface area contributed by atoms with Crippen molar-refractivity contribution in [3.63, 3.8) is 0 Å². The van der Waals surface area contributed by atoms with E-state index in [4.69, 9.17) is 5.11 Å². The average Bonchev–Trinajstić information content (AvgIpc) is 2.32. The molecule has 2 rings (SSSR count). The molecular formula is C13H17NO3. The van der Waals surface area contributed by atoms with Gasteiger partial charge in [0.2, 0.25) is 0 Å². The van der Waals surface area contributed by atoms with E-state index < -0.39 is 5.97 Å². The second-order valence-electron chi connectivity index (χ2n) is 4.61. The van der Waals surface area contributed by atoms with E-state index in [-0.39, 0.29) is 18.0 Å². The first-order chi connectivity index (χ1) is 8.18. The van der Waals surface area contributed by atoms with E-state index in [0.29, 0.717) is 5.56 Å². The van der Waals surface area contributed by atoms with Gasteiger partial charge in [0.25, 0.3) is 5.56 Å².